The minimum Gasteiger partial charge on any atom is -0.381 e. The fourth-order valence-electron chi connectivity index (χ4n) is 3.44. The molecule has 6 nitrogen and oxygen atoms in total. The number of amides is 1. The van der Waals surface area contributed by atoms with Crippen LogP contribution in [-0.2, 0) is 4.74 Å². The van der Waals surface area contributed by atoms with Crippen molar-refractivity contribution in [2.24, 2.45) is 5.41 Å². The Morgan fingerprint density at radius 1 is 1.36 bits per heavy atom. The van der Waals surface area contributed by atoms with Gasteiger partial charge in [-0.25, -0.2) is 0 Å². The van der Waals surface area contributed by atoms with E-state index < -0.39 is 0 Å². The van der Waals surface area contributed by atoms with Gasteiger partial charge in [0, 0.05) is 37.8 Å². The predicted molar refractivity (Wildman–Crippen MR) is 81.7 cm³/mol. The Balaban J connectivity index is 1.60. The number of nitrogens with one attached hydrogen (secondary N) is 1. The van der Waals surface area contributed by atoms with E-state index in [1.165, 1.54) is 25.9 Å². The Bertz CT molecular complexity index is 502. The average molecular weight is 307 g/mol. The summed E-state index contributed by atoms with van der Waals surface area (Å²) >= 11 is 0. The highest BCUT2D eigenvalue weighted by molar-refractivity contribution is 5.92. The van der Waals surface area contributed by atoms with Crippen LogP contribution >= 0.6 is 0 Å². The maximum absolute atomic E-state index is 12.2. The Hall–Kier alpha value is -1.40. The quantitative estimate of drug-likeness (QED) is 0.895. The third-order valence-corrected chi connectivity index (χ3v) is 4.80. The van der Waals surface area contributed by atoms with Crippen LogP contribution in [0.2, 0.25) is 0 Å². The molecule has 2 saturated heterocycles. The lowest BCUT2D eigenvalue weighted by atomic mass is 9.79. The smallest absolute Gasteiger partial charge is 0.273 e. The summed E-state index contributed by atoms with van der Waals surface area (Å²) in [6.07, 6.45) is 4.58. The summed E-state index contributed by atoms with van der Waals surface area (Å²) in [4.78, 5) is 14.7. The van der Waals surface area contributed by atoms with E-state index >= 15 is 0 Å². The molecule has 1 aromatic heterocycles. The van der Waals surface area contributed by atoms with Gasteiger partial charge in [-0.05, 0) is 45.7 Å². The summed E-state index contributed by atoms with van der Waals surface area (Å²) in [5.41, 5.74) is 0.484. The largest absolute Gasteiger partial charge is 0.381 e. The molecule has 0 unspecified atom stereocenters. The van der Waals surface area contributed by atoms with E-state index in [4.69, 9.17) is 9.26 Å². The molecule has 3 heterocycles. The molecule has 0 spiro atoms. The summed E-state index contributed by atoms with van der Waals surface area (Å²) in [6, 6.07) is 1.67. The van der Waals surface area contributed by atoms with E-state index in [1.54, 1.807) is 13.0 Å². The molecule has 2 fully saturated rings. The SMILES string of the molecule is Cc1cc(C(=O)NCC2(CN3CCCC3)CCOCC2)no1. The number of nitrogens with zero attached hydrogens (tertiary/aromatic N) is 2. The van der Waals surface area contributed by atoms with E-state index in [0.29, 0.717) is 18.0 Å². The fourth-order valence-corrected chi connectivity index (χ4v) is 3.44. The van der Waals surface area contributed by atoms with Gasteiger partial charge in [0.1, 0.15) is 5.76 Å². The maximum Gasteiger partial charge on any atom is 0.273 e. The van der Waals surface area contributed by atoms with Crippen molar-refractivity contribution in [2.45, 2.75) is 32.6 Å². The molecular weight excluding hydrogens is 282 g/mol. The number of aromatic nitrogens is 1. The number of aryl methyl sites for hydroxylation is 1. The molecule has 0 radical (unpaired) electrons. The molecule has 0 atom stereocenters. The second-order valence-corrected chi connectivity index (χ2v) is 6.60. The Morgan fingerprint density at radius 3 is 2.73 bits per heavy atom. The van der Waals surface area contributed by atoms with E-state index in [1.807, 2.05) is 0 Å². The van der Waals surface area contributed by atoms with Crippen molar-refractivity contribution in [1.82, 2.24) is 15.4 Å². The lowest BCUT2D eigenvalue weighted by molar-refractivity contribution is -0.000670. The van der Waals surface area contributed by atoms with Crippen molar-refractivity contribution in [3.8, 4) is 0 Å². The molecule has 2 aliphatic rings. The van der Waals surface area contributed by atoms with Crippen LogP contribution in [0.1, 0.15) is 41.9 Å². The average Bonchev–Trinajstić information content (AvgIpc) is 3.17. The molecular formula is C16H25N3O3. The molecule has 3 rings (SSSR count). The zero-order chi connectivity index (χ0) is 15.4. The van der Waals surface area contributed by atoms with Gasteiger partial charge in [-0.1, -0.05) is 5.16 Å². The number of rotatable bonds is 5. The van der Waals surface area contributed by atoms with Gasteiger partial charge in [-0.3, -0.25) is 4.79 Å². The molecule has 0 bridgehead atoms. The first kappa shape index (κ1) is 15.5. The second kappa shape index (κ2) is 6.79. The number of carbonyl (C=O) groups is 1. The van der Waals surface area contributed by atoms with Gasteiger partial charge in [0.15, 0.2) is 5.69 Å². The third kappa shape index (κ3) is 3.67. The molecule has 0 saturated carbocycles. The molecule has 22 heavy (non-hydrogen) atoms. The molecule has 1 amide bonds. The van der Waals surface area contributed by atoms with Gasteiger partial charge in [0.25, 0.3) is 5.91 Å². The fraction of sp³-hybridized carbons (Fsp3) is 0.750. The summed E-state index contributed by atoms with van der Waals surface area (Å²) in [5, 5.41) is 6.84. The lowest BCUT2D eigenvalue weighted by Gasteiger charge is -2.40. The van der Waals surface area contributed by atoms with Crippen LogP contribution in [0.25, 0.3) is 0 Å². The highest BCUT2D eigenvalue weighted by Gasteiger charge is 2.35. The van der Waals surface area contributed by atoms with Crippen LogP contribution in [0.5, 0.6) is 0 Å². The first-order valence-corrected chi connectivity index (χ1v) is 8.19. The zero-order valence-corrected chi connectivity index (χ0v) is 13.3. The molecule has 1 aromatic rings. The first-order valence-electron chi connectivity index (χ1n) is 8.19. The van der Waals surface area contributed by atoms with E-state index in [9.17, 15) is 4.79 Å². The van der Waals surface area contributed by atoms with Crippen molar-refractivity contribution in [3.05, 3.63) is 17.5 Å². The Labute approximate surface area is 131 Å². The van der Waals surface area contributed by atoms with Crippen molar-refractivity contribution in [1.29, 1.82) is 0 Å². The normalized spacial score (nSPS) is 21.9. The maximum atomic E-state index is 12.2. The summed E-state index contributed by atoms with van der Waals surface area (Å²) < 4.78 is 10.5. The molecule has 6 heteroatoms. The van der Waals surface area contributed by atoms with Crippen molar-refractivity contribution >= 4 is 5.91 Å². The highest BCUT2D eigenvalue weighted by atomic mass is 16.5. The van der Waals surface area contributed by atoms with Crippen molar-refractivity contribution < 1.29 is 14.1 Å². The molecule has 0 aromatic carbocycles. The number of carbonyl (C=O) groups excluding carboxylic acids is 1. The highest BCUT2D eigenvalue weighted by Crippen LogP contribution is 2.32. The topological polar surface area (TPSA) is 67.6 Å². The second-order valence-electron chi connectivity index (χ2n) is 6.60. The zero-order valence-electron chi connectivity index (χ0n) is 13.3. The minimum atomic E-state index is -0.149. The van der Waals surface area contributed by atoms with Crippen molar-refractivity contribution in [2.75, 3.05) is 39.4 Å². The van der Waals surface area contributed by atoms with Gasteiger partial charge >= 0.3 is 0 Å². The molecule has 2 aliphatic heterocycles. The summed E-state index contributed by atoms with van der Waals surface area (Å²) in [6.45, 7) is 7.45. The Morgan fingerprint density at radius 2 is 2.09 bits per heavy atom. The molecule has 0 aliphatic carbocycles. The van der Waals surface area contributed by atoms with Crippen LogP contribution in [0, 0.1) is 12.3 Å². The van der Waals surface area contributed by atoms with Gasteiger partial charge in [0.05, 0.1) is 0 Å². The van der Waals surface area contributed by atoms with Gasteiger partial charge in [0.2, 0.25) is 0 Å². The van der Waals surface area contributed by atoms with Crippen LogP contribution < -0.4 is 5.32 Å². The van der Waals surface area contributed by atoms with E-state index in [-0.39, 0.29) is 11.3 Å². The number of likely N-dealkylation sites (tertiary alicyclic amines) is 1. The lowest BCUT2D eigenvalue weighted by Crippen LogP contribution is -2.48. The first-order chi connectivity index (χ1) is 10.7. The van der Waals surface area contributed by atoms with E-state index in [2.05, 4.69) is 15.4 Å². The Kier molecular flexibility index (Phi) is 4.78. The van der Waals surface area contributed by atoms with Crippen LogP contribution in [0.15, 0.2) is 10.6 Å². The summed E-state index contributed by atoms with van der Waals surface area (Å²) in [5.74, 6) is 0.507. The third-order valence-electron chi connectivity index (χ3n) is 4.80. The van der Waals surface area contributed by atoms with E-state index in [0.717, 1.165) is 32.6 Å². The number of hydrogen-bond acceptors (Lipinski definition) is 5. The minimum absolute atomic E-state index is 0.122. The summed E-state index contributed by atoms with van der Waals surface area (Å²) in [7, 11) is 0. The molecule has 1 N–H and O–H groups in total. The molecule has 122 valence electrons. The number of hydrogen-bond donors (Lipinski definition) is 1. The van der Waals surface area contributed by atoms with Crippen LogP contribution in [0.4, 0.5) is 0 Å². The van der Waals surface area contributed by atoms with Crippen molar-refractivity contribution in [3.63, 3.8) is 0 Å². The van der Waals surface area contributed by atoms with Crippen LogP contribution in [-0.4, -0.2) is 55.4 Å². The van der Waals surface area contributed by atoms with Crippen LogP contribution in [0.3, 0.4) is 0 Å². The van der Waals surface area contributed by atoms with Gasteiger partial charge in [-0.15, -0.1) is 0 Å². The van der Waals surface area contributed by atoms with Gasteiger partial charge in [-0.2, -0.15) is 0 Å². The monoisotopic (exact) mass is 307 g/mol. The predicted octanol–water partition coefficient (Wildman–Crippen LogP) is 1.61. The number of ether oxygens (including phenoxy) is 1. The standard InChI is InChI=1S/C16H25N3O3/c1-13-10-14(18-22-13)15(20)17-11-16(4-8-21-9-5-16)12-19-6-2-3-7-19/h10H,2-9,11-12H2,1H3,(H,17,20). The van der Waals surface area contributed by atoms with Gasteiger partial charge < -0.3 is 19.5 Å².